The predicted octanol–water partition coefficient (Wildman–Crippen LogP) is 5.15. The first kappa shape index (κ1) is 14.1. The van der Waals surface area contributed by atoms with E-state index in [-0.39, 0.29) is 5.82 Å². The van der Waals surface area contributed by atoms with Crippen LogP contribution in [0.5, 0.6) is 0 Å². The van der Waals surface area contributed by atoms with Crippen LogP contribution in [0.2, 0.25) is 5.02 Å². The first-order valence-electron chi connectivity index (χ1n) is 6.03. The fourth-order valence-corrected chi connectivity index (χ4v) is 2.51. The van der Waals surface area contributed by atoms with Gasteiger partial charge in [-0.1, -0.05) is 44.8 Å². The molecule has 6 heteroatoms. The normalized spacial score (nSPS) is 10.8. The lowest BCUT2D eigenvalue weighted by molar-refractivity contribution is 0.433. The maximum atomic E-state index is 14.1. The van der Waals surface area contributed by atoms with Gasteiger partial charge in [0.15, 0.2) is 11.6 Å². The highest BCUT2D eigenvalue weighted by molar-refractivity contribution is 9.10. The van der Waals surface area contributed by atoms with Gasteiger partial charge in [-0.2, -0.15) is 0 Å². The van der Waals surface area contributed by atoms with Crippen LogP contribution < -0.4 is 5.73 Å². The third kappa shape index (κ3) is 2.66. The number of halogens is 3. The third-order valence-electron chi connectivity index (χ3n) is 3.03. The summed E-state index contributed by atoms with van der Waals surface area (Å²) >= 11 is 9.10. The Balaban J connectivity index is 2.19. The summed E-state index contributed by atoms with van der Waals surface area (Å²) in [5, 5.41) is 4.35. The Bertz CT molecular complexity index is 802. The Hall–Kier alpha value is -1.85. The molecule has 0 amide bonds. The Morgan fingerprint density at radius 1 is 1.14 bits per heavy atom. The summed E-state index contributed by atoms with van der Waals surface area (Å²) < 4.78 is 20.0. The fraction of sp³-hybridized carbons (Fsp3) is 0. The van der Waals surface area contributed by atoms with E-state index in [0.717, 1.165) is 5.56 Å². The number of hydrogen-bond acceptors (Lipinski definition) is 3. The number of aromatic nitrogens is 1. The van der Waals surface area contributed by atoms with E-state index in [9.17, 15) is 4.39 Å². The average Bonchev–Trinajstić information content (AvgIpc) is 2.82. The topological polar surface area (TPSA) is 52.0 Å². The molecular weight excluding hydrogens is 359 g/mol. The van der Waals surface area contributed by atoms with Gasteiger partial charge in [-0.15, -0.1) is 0 Å². The molecule has 1 heterocycles. The lowest BCUT2D eigenvalue weighted by Crippen LogP contribution is -1.90. The van der Waals surface area contributed by atoms with Crippen molar-refractivity contribution in [3.8, 4) is 22.5 Å². The van der Waals surface area contributed by atoms with Gasteiger partial charge in [0, 0.05) is 9.50 Å². The number of nitrogens with two attached hydrogens (primary N) is 1. The molecule has 0 saturated heterocycles. The molecule has 0 spiro atoms. The quantitative estimate of drug-likeness (QED) is 0.682. The van der Waals surface area contributed by atoms with Crippen molar-refractivity contribution in [2.45, 2.75) is 0 Å². The summed E-state index contributed by atoms with van der Waals surface area (Å²) in [6.07, 6.45) is 0. The average molecular weight is 368 g/mol. The highest BCUT2D eigenvalue weighted by atomic mass is 79.9. The van der Waals surface area contributed by atoms with Crippen molar-refractivity contribution >= 4 is 33.3 Å². The van der Waals surface area contributed by atoms with Crippen molar-refractivity contribution in [2.75, 3.05) is 5.73 Å². The van der Waals surface area contributed by atoms with E-state index in [4.69, 9.17) is 21.9 Å². The highest BCUT2D eigenvalue weighted by Crippen LogP contribution is 2.38. The molecule has 2 aromatic carbocycles. The van der Waals surface area contributed by atoms with Crippen molar-refractivity contribution < 1.29 is 8.91 Å². The van der Waals surface area contributed by atoms with E-state index in [0.29, 0.717) is 26.4 Å². The van der Waals surface area contributed by atoms with Crippen LogP contribution in [-0.2, 0) is 0 Å². The second-order valence-electron chi connectivity index (χ2n) is 4.40. The number of rotatable bonds is 2. The van der Waals surface area contributed by atoms with Crippen LogP contribution in [0.3, 0.4) is 0 Å². The molecule has 21 heavy (non-hydrogen) atoms. The van der Waals surface area contributed by atoms with E-state index >= 15 is 0 Å². The smallest absolute Gasteiger partial charge is 0.179 e. The number of hydrogen-bond donors (Lipinski definition) is 1. The van der Waals surface area contributed by atoms with Crippen LogP contribution in [0, 0.1) is 5.82 Å². The van der Waals surface area contributed by atoms with Crippen LogP contribution in [-0.4, -0.2) is 5.16 Å². The molecule has 0 fully saturated rings. The van der Waals surface area contributed by atoms with Gasteiger partial charge < -0.3 is 10.3 Å². The van der Waals surface area contributed by atoms with Gasteiger partial charge in [0.25, 0.3) is 0 Å². The van der Waals surface area contributed by atoms with Gasteiger partial charge in [-0.25, -0.2) is 4.39 Å². The van der Waals surface area contributed by atoms with Crippen molar-refractivity contribution in [2.24, 2.45) is 0 Å². The van der Waals surface area contributed by atoms with Crippen molar-refractivity contribution in [3.63, 3.8) is 0 Å². The molecule has 1 aromatic heterocycles. The van der Waals surface area contributed by atoms with Gasteiger partial charge in [-0.05, 0) is 35.9 Å². The third-order valence-corrected chi connectivity index (χ3v) is 3.77. The molecule has 0 aliphatic carbocycles. The lowest BCUT2D eigenvalue weighted by Gasteiger charge is -2.04. The lowest BCUT2D eigenvalue weighted by atomic mass is 10.0. The minimum Gasteiger partial charge on any atom is -0.380 e. The zero-order chi connectivity index (χ0) is 15.0. The van der Waals surface area contributed by atoms with Gasteiger partial charge in [0.2, 0.25) is 0 Å². The molecule has 106 valence electrons. The number of benzene rings is 2. The monoisotopic (exact) mass is 366 g/mol. The Kier molecular flexibility index (Phi) is 3.69. The van der Waals surface area contributed by atoms with Crippen LogP contribution in [0.15, 0.2) is 51.5 Å². The summed E-state index contributed by atoms with van der Waals surface area (Å²) in [4.78, 5) is 0. The van der Waals surface area contributed by atoms with Crippen LogP contribution in [0.25, 0.3) is 22.5 Å². The van der Waals surface area contributed by atoms with Crippen molar-refractivity contribution in [3.05, 3.63) is 57.8 Å². The Labute approximate surface area is 133 Å². The van der Waals surface area contributed by atoms with Gasteiger partial charge in [0.05, 0.1) is 11.1 Å². The van der Waals surface area contributed by atoms with Crippen molar-refractivity contribution in [1.82, 2.24) is 5.16 Å². The minimum absolute atomic E-state index is 0.203. The molecule has 3 aromatic rings. The van der Waals surface area contributed by atoms with Crippen molar-refractivity contribution in [1.29, 1.82) is 0 Å². The Morgan fingerprint density at radius 2 is 1.86 bits per heavy atom. The van der Waals surface area contributed by atoms with Crippen LogP contribution in [0.4, 0.5) is 10.2 Å². The van der Waals surface area contributed by atoms with Crippen LogP contribution >= 0.6 is 27.5 Å². The molecule has 0 aliphatic rings. The van der Waals surface area contributed by atoms with E-state index in [1.165, 1.54) is 6.07 Å². The molecule has 0 unspecified atom stereocenters. The summed E-state index contributed by atoms with van der Waals surface area (Å²) in [6.45, 7) is 0. The minimum atomic E-state index is -0.421. The number of nitrogen functional groups attached to an aromatic ring is 1. The molecule has 0 bridgehead atoms. The second-order valence-corrected chi connectivity index (χ2v) is 5.76. The molecule has 3 rings (SSSR count). The van der Waals surface area contributed by atoms with E-state index < -0.39 is 5.82 Å². The molecular formula is C15H9BrClFN2O. The fourth-order valence-electron chi connectivity index (χ4n) is 2.06. The molecule has 2 N–H and O–H groups in total. The largest absolute Gasteiger partial charge is 0.380 e. The molecule has 3 nitrogen and oxygen atoms in total. The van der Waals surface area contributed by atoms with Gasteiger partial charge in [-0.3, -0.25) is 0 Å². The summed E-state index contributed by atoms with van der Waals surface area (Å²) in [7, 11) is 0. The standard InChI is InChI=1S/C15H9BrClFN2O/c16-9-3-6-11(12(18)7-9)14-13(15(19)20-21-14)8-1-4-10(17)5-2-8/h1-7H,(H2,19,20). The van der Waals surface area contributed by atoms with E-state index in [1.54, 1.807) is 36.4 Å². The number of anilines is 1. The Morgan fingerprint density at radius 3 is 2.52 bits per heavy atom. The van der Waals surface area contributed by atoms with E-state index in [2.05, 4.69) is 21.1 Å². The zero-order valence-corrected chi connectivity index (χ0v) is 13.0. The zero-order valence-electron chi connectivity index (χ0n) is 10.6. The second kappa shape index (κ2) is 5.50. The summed E-state index contributed by atoms with van der Waals surface area (Å²) in [5.74, 6) is 0.0743. The maximum Gasteiger partial charge on any atom is 0.179 e. The molecule has 0 aliphatic heterocycles. The first-order chi connectivity index (χ1) is 10.1. The molecule has 0 radical (unpaired) electrons. The highest BCUT2D eigenvalue weighted by Gasteiger charge is 2.20. The summed E-state index contributed by atoms with van der Waals surface area (Å²) in [6, 6.07) is 11.7. The molecule has 0 saturated carbocycles. The SMILES string of the molecule is Nc1noc(-c2ccc(Br)cc2F)c1-c1ccc(Cl)cc1. The van der Waals surface area contributed by atoms with Crippen LogP contribution in [0.1, 0.15) is 0 Å². The molecule has 0 atom stereocenters. The predicted molar refractivity (Wildman–Crippen MR) is 84.5 cm³/mol. The first-order valence-corrected chi connectivity index (χ1v) is 7.20. The summed E-state index contributed by atoms with van der Waals surface area (Å²) in [5.41, 5.74) is 7.47. The van der Waals surface area contributed by atoms with Gasteiger partial charge >= 0.3 is 0 Å². The maximum absolute atomic E-state index is 14.1. The van der Waals surface area contributed by atoms with Gasteiger partial charge in [0.1, 0.15) is 5.82 Å². The van der Waals surface area contributed by atoms with E-state index in [1.807, 2.05) is 0 Å². The number of nitrogens with zero attached hydrogens (tertiary/aromatic N) is 1.